The van der Waals surface area contributed by atoms with Crippen LogP contribution in [-0.4, -0.2) is 22.8 Å². The fourth-order valence-corrected chi connectivity index (χ4v) is 1.30. The normalized spacial score (nSPS) is 12.2. The number of nitrogens with zero attached hydrogens (tertiary/aromatic N) is 1. The van der Waals surface area contributed by atoms with E-state index in [0.717, 1.165) is 12.0 Å². The SMILES string of the molecule is Cc1cccnc1C(=O)NCCC(C)Cl. The van der Waals surface area contributed by atoms with Crippen LogP contribution >= 0.6 is 11.6 Å². The summed E-state index contributed by atoms with van der Waals surface area (Å²) < 4.78 is 0. The Morgan fingerprint density at radius 1 is 1.67 bits per heavy atom. The molecule has 0 saturated carbocycles. The number of hydrogen-bond acceptors (Lipinski definition) is 2. The minimum absolute atomic E-state index is 0.0788. The number of rotatable bonds is 4. The molecular formula is C11H15ClN2O. The summed E-state index contributed by atoms with van der Waals surface area (Å²) in [6, 6.07) is 3.68. The Kier molecular flexibility index (Phi) is 4.56. The molecule has 1 aromatic heterocycles. The summed E-state index contributed by atoms with van der Waals surface area (Å²) in [7, 11) is 0. The van der Waals surface area contributed by atoms with Gasteiger partial charge in [0, 0.05) is 18.1 Å². The molecule has 4 heteroatoms. The topological polar surface area (TPSA) is 42.0 Å². The predicted octanol–water partition coefficient (Wildman–Crippen LogP) is 2.14. The van der Waals surface area contributed by atoms with Crippen molar-refractivity contribution < 1.29 is 4.79 Å². The van der Waals surface area contributed by atoms with Crippen molar-refractivity contribution >= 4 is 17.5 Å². The highest BCUT2D eigenvalue weighted by Crippen LogP contribution is 2.03. The Balaban J connectivity index is 2.51. The van der Waals surface area contributed by atoms with Crippen LogP contribution in [0.4, 0.5) is 0 Å². The first-order valence-corrected chi connectivity index (χ1v) is 5.39. The van der Waals surface area contributed by atoms with E-state index in [2.05, 4.69) is 10.3 Å². The standard InChI is InChI=1S/C11H15ClN2O/c1-8-4-3-6-13-10(8)11(15)14-7-5-9(2)12/h3-4,6,9H,5,7H2,1-2H3,(H,14,15). The Hall–Kier alpha value is -1.09. The van der Waals surface area contributed by atoms with Crippen molar-refractivity contribution in [3.05, 3.63) is 29.6 Å². The summed E-state index contributed by atoms with van der Waals surface area (Å²) in [5.74, 6) is -0.134. The molecule has 0 radical (unpaired) electrons. The van der Waals surface area contributed by atoms with Crippen LogP contribution in [0, 0.1) is 6.92 Å². The second-order valence-corrected chi connectivity index (χ2v) is 4.24. The molecule has 1 N–H and O–H groups in total. The summed E-state index contributed by atoms with van der Waals surface area (Å²) in [4.78, 5) is 15.7. The molecule has 0 aromatic carbocycles. The molecule has 82 valence electrons. The van der Waals surface area contributed by atoms with E-state index < -0.39 is 0 Å². The molecule has 0 aliphatic carbocycles. The Morgan fingerprint density at radius 2 is 2.40 bits per heavy atom. The maximum atomic E-state index is 11.6. The van der Waals surface area contributed by atoms with Gasteiger partial charge in [-0.15, -0.1) is 11.6 Å². The number of aromatic nitrogens is 1. The molecule has 1 atom stereocenters. The van der Waals surface area contributed by atoms with E-state index in [1.165, 1.54) is 0 Å². The van der Waals surface area contributed by atoms with E-state index in [0.29, 0.717) is 12.2 Å². The maximum absolute atomic E-state index is 11.6. The minimum atomic E-state index is -0.134. The fraction of sp³-hybridized carbons (Fsp3) is 0.455. The summed E-state index contributed by atoms with van der Waals surface area (Å²) in [5, 5.41) is 2.86. The first-order valence-electron chi connectivity index (χ1n) is 4.95. The number of hydrogen-bond donors (Lipinski definition) is 1. The lowest BCUT2D eigenvalue weighted by Crippen LogP contribution is -2.27. The van der Waals surface area contributed by atoms with Gasteiger partial charge in [0.1, 0.15) is 5.69 Å². The Morgan fingerprint density at radius 3 is 3.00 bits per heavy atom. The van der Waals surface area contributed by atoms with Crippen molar-refractivity contribution in [2.24, 2.45) is 0 Å². The second-order valence-electron chi connectivity index (χ2n) is 3.49. The average Bonchev–Trinajstić information content (AvgIpc) is 2.17. The third-order valence-electron chi connectivity index (χ3n) is 2.05. The molecule has 1 amide bonds. The van der Waals surface area contributed by atoms with Gasteiger partial charge in [0.2, 0.25) is 0 Å². The number of amides is 1. The van der Waals surface area contributed by atoms with Crippen LogP contribution in [0.1, 0.15) is 29.4 Å². The third-order valence-corrected chi connectivity index (χ3v) is 2.27. The van der Waals surface area contributed by atoms with Crippen molar-refractivity contribution in [2.45, 2.75) is 25.6 Å². The quantitative estimate of drug-likeness (QED) is 0.800. The van der Waals surface area contributed by atoms with Crippen LogP contribution < -0.4 is 5.32 Å². The van der Waals surface area contributed by atoms with Crippen LogP contribution in [0.25, 0.3) is 0 Å². The van der Waals surface area contributed by atoms with Crippen molar-refractivity contribution in [2.75, 3.05) is 6.54 Å². The maximum Gasteiger partial charge on any atom is 0.270 e. The zero-order chi connectivity index (χ0) is 11.3. The summed E-state index contributed by atoms with van der Waals surface area (Å²) in [5.41, 5.74) is 1.37. The van der Waals surface area contributed by atoms with Gasteiger partial charge in [-0.2, -0.15) is 0 Å². The van der Waals surface area contributed by atoms with Crippen LogP contribution in [0.2, 0.25) is 0 Å². The van der Waals surface area contributed by atoms with Gasteiger partial charge in [-0.05, 0) is 31.9 Å². The third kappa shape index (κ3) is 3.88. The number of pyridine rings is 1. The zero-order valence-corrected chi connectivity index (χ0v) is 9.71. The molecule has 0 spiro atoms. The lowest BCUT2D eigenvalue weighted by atomic mass is 10.2. The predicted molar refractivity (Wildman–Crippen MR) is 61.2 cm³/mol. The van der Waals surface area contributed by atoms with E-state index in [-0.39, 0.29) is 11.3 Å². The zero-order valence-electron chi connectivity index (χ0n) is 8.96. The molecule has 1 unspecified atom stereocenters. The average molecular weight is 227 g/mol. The molecule has 3 nitrogen and oxygen atoms in total. The number of alkyl halides is 1. The molecule has 0 bridgehead atoms. The number of halogens is 1. The molecule has 1 aromatic rings. The van der Waals surface area contributed by atoms with Gasteiger partial charge in [0.25, 0.3) is 5.91 Å². The Bertz CT molecular complexity index is 339. The molecule has 0 saturated heterocycles. The molecule has 0 aliphatic rings. The lowest BCUT2D eigenvalue weighted by molar-refractivity contribution is 0.0947. The van der Waals surface area contributed by atoms with E-state index in [4.69, 9.17) is 11.6 Å². The Labute approximate surface area is 94.9 Å². The largest absolute Gasteiger partial charge is 0.351 e. The number of carbonyl (C=O) groups is 1. The van der Waals surface area contributed by atoms with Gasteiger partial charge in [-0.1, -0.05) is 6.07 Å². The van der Waals surface area contributed by atoms with Gasteiger partial charge < -0.3 is 5.32 Å². The number of carbonyl (C=O) groups excluding carboxylic acids is 1. The van der Waals surface area contributed by atoms with Crippen molar-refractivity contribution in [1.29, 1.82) is 0 Å². The smallest absolute Gasteiger partial charge is 0.270 e. The van der Waals surface area contributed by atoms with E-state index in [1.807, 2.05) is 26.0 Å². The number of nitrogens with one attached hydrogen (secondary N) is 1. The molecule has 1 rings (SSSR count). The van der Waals surface area contributed by atoms with Crippen molar-refractivity contribution in [1.82, 2.24) is 10.3 Å². The van der Waals surface area contributed by atoms with Crippen molar-refractivity contribution in [3.8, 4) is 0 Å². The first kappa shape index (κ1) is 12.0. The monoisotopic (exact) mass is 226 g/mol. The highest BCUT2D eigenvalue weighted by atomic mass is 35.5. The van der Waals surface area contributed by atoms with Gasteiger partial charge in [-0.25, -0.2) is 0 Å². The van der Waals surface area contributed by atoms with Gasteiger partial charge in [0.15, 0.2) is 0 Å². The summed E-state index contributed by atoms with van der Waals surface area (Å²) >= 11 is 5.77. The van der Waals surface area contributed by atoms with Gasteiger partial charge in [-0.3, -0.25) is 9.78 Å². The summed E-state index contributed by atoms with van der Waals surface area (Å²) in [6.45, 7) is 4.35. The first-order chi connectivity index (χ1) is 7.11. The fourth-order valence-electron chi connectivity index (χ4n) is 1.19. The van der Waals surface area contributed by atoms with Crippen LogP contribution in [0.3, 0.4) is 0 Å². The number of aryl methyl sites for hydroxylation is 1. The highest BCUT2D eigenvalue weighted by Gasteiger charge is 2.09. The molecule has 0 aliphatic heterocycles. The van der Waals surface area contributed by atoms with Crippen molar-refractivity contribution in [3.63, 3.8) is 0 Å². The van der Waals surface area contributed by atoms with E-state index in [9.17, 15) is 4.79 Å². The van der Waals surface area contributed by atoms with Gasteiger partial charge >= 0.3 is 0 Å². The lowest BCUT2D eigenvalue weighted by Gasteiger charge is -2.07. The van der Waals surface area contributed by atoms with E-state index in [1.54, 1.807) is 6.20 Å². The van der Waals surface area contributed by atoms with E-state index >= 15 is 0 Å². The molecular weight excluding hydrogens is 212 g/mol. The van der Waals surface area contributed by atoms with Crippen LogP contribution in [-0.2, 0) is 0 Å². The van der Waals surface area contributed by atoms with Crippen LogP contribution in [0.15, 0.2) is 18.3 Å². The highest BCUT2D eigenvalue weighted by molar-refractivity contribution is 6.20. The summed E-state index contributed by atoms with van der Waals surface area (Å²) in [6.07, 6.45) is 2.38. The minimum Gasteiger partial charge on any atom is -0.351 e. The molecule has 15 heavy (non-hydrogen) atoms. The molecule has 0 fully saturated rings. The van der Waals surface area contributed by atoms with Gasteiger partial charge in [0.05, 0.1) is 0 Å². The second kappa shape index (κ2) is 5.71. The molecule has 1 heterocycles. The van der Waals surface area contributed by atoms with Crippen LogP contribution in [0.5, 0.6) is 0 Å².